The van der Waals surface area contributed by atoms with Crippen LogP contribution < -0.4 is 5.56 Å². The van der Waals surface area contributed by atoms with E-state index < -0.39 is 0 Å². The molecule has 0 unspecified atom stereocenters. The van der Waals surface area contributed by atoms with Crippen LogP contribution in [0.5, 0.6) is 0 Å². The van der Waals surface area contributed by atoms with E-state index in [0.29, 0.717) is 40.7 Å². The molecule has 0 atom stereocenters. The number of thioether (sulfide) groups is 1. The van der Waals surface area contributed by atoms with Crippen LogP contribution in [0.2, 0.25) is 5.02 Å². The maximum absolute atomic E-state index is 12.7. The van der Waals surface area contributed by atoms with Crippen LogP contribution in [0.4, 0.5) is 0 Å². The molecule has 0 N–H and O–H groups in total. The molecule has 0 saturated heterocycles. The smallest absolute Gasteiger partial charge is 0.262 e. The van der Waals surface area contributed by atoms with Gasteiger partial charge in [0.1, 0.15) is 0 Å². The molecule has 0 bridgehead atoms. The highest BCUT2D eigenvalue weighted by molar-refractivity contribution is 7.99. The Kier molecular flexibility index (Phi) is 6.46. The van der Waals surface area contributed by atoms with Gasteiger partial charge < -0.3 is 4.74 Å². The van der Waals surface area contributed by atoms with Gasteiger partial charge in [-0.2, -0.15) is 5.26 Å². The van der Waals surface area contributed by atoms with Crippen LogP contribution in [-0.2, 0) is 11.3 Å². The fourth-order valence-electron chi connectivity index (χ4n) is 2.12. The minimum Gasteiger partial charge on any atom is -0.379 e. The van der Waals surface area contributed by atoms with E-state index in [1.165, 1.54) is 11.8 Å². The Bertz CT molecular complexity index is 783. The van der Waals surface area contributed by atoms with E-state index in [1.807, 2.05) is 13.8 Å². The summed E-state index contributed by atoms with van der Waals surface area (Å²) < 4.78 is 7.13. The van der Waals surface area contributed by atoms with Crippen molar-refractivity contribution in [3.05, 3.63) is 33.6 Å². The lowest BCUT2D eigenvalue weighted by Gasteiger charge is -2.13. The first-order valence-corrected chi connectivity index (χ1v) is 8.70. The highest BCUT2D eigenvalue weighted by atomic mass is 35.5. The average molecular weight is 352 g/mol. The largest absolute Gasteiger partial charge is 0.379 e. The van der Waals surface area contributed by atoms with Gasteiger partial charge in [0, 0.05) is 18.2 Å². The fraction of sp³-hybridized carbons (Fsp3) is 0.438. The lowest BCUT2D eigenvalue weighted by atomic mass is 10.2. The van der Waals surface area contributed by atoms with Crippen LogP contribution in [0.15, 0.2) is 28.2 Å². The van der Waals surface area contributed by atoms with Crippen molar-refractivity contribution in [3.63, 3.8) is 0 Å². The van der Waals surface area contributed by atoms with E-state index in [1.54, 1.807) is 22.8 Å². The molecule has 0 fully saturated rings. The van der Waals surface area contributed by atoms with Crippen LogP contribution in [0.3, 0.4) is 0 Å². The second-order valence-electron chi connectivity index (χ2n) is 5.23. The zero-order valence-electron chi connectivity index (χ0n) is 13.1. The van der Waals surface area contributed by atoms with Crippen LogP contribution in [0, 0.1) is 11.3 Å². The lowest BCUT2D eigenvalue weighted by Crippen LogP contribution is -2.24. The second-order valence-corrected chi connectivity index (χ2v) is 6.61. The molecule has 7 heteroatoms. The van der Waals surface area contributed by atoms with Gasteiger partial charge in [-0.25, -0.2) is 4.98 Å². The van der Waals surface area contributed by atoms with Gasteiger partial charge in [0.15, 0.2) is 5.16 Å². The fourth-order valence-corrected chi connectivity index (χ4v) is 2.97. The molecule has 0 aliphatic heterocycles. The van der Waals surface area contributed by atoms with Crippen molar-refractivity contribution in [2.24, 2.45) is 0 Å². The SMILES string of the molecule is CC(C)OCCCn1c(SCC#N)nc2cc(Cl)ccc2c1=O. The molecule has 122 valence electrons. The number of nitrogens with zero attached hydrogens (tertiary/aromatic N) is 3. The van der Waals surface area contributed by atoms with Crippen molar-refractivity contribution in [1.82, 2.24) is 9.55 Å². The van der Waals surface area contributed by atoms with Crippen LogP contribution >= 0.6 is 23.4 Å². The van der Waals surface area contributed by atoms with E-state index in [9.17, 15) is 4.79 Å². The van der Waals surface area contributed by atoms with Gasteiger partial charge in [-0.05, 0) is 38.5 Å². The van der Waals surface area contributed by atoms with Crippen molar-refractivity contribution in [3.8, 4) is 6.07 Å². The molecule has 2 aromatic rings. The molecule has 0 saturated carbocycles. The maximum atomic E-state index is 12.7. The number of fused-ring (bicyclic) bond motifs is 1. The molecule has 0 aliphatic rings. The van der Waals surface area contributed by atoms with Gasteiger partial charge in [-0.1, -0.05) is 23.4 Å². The molecule has 1 heterocycles. The van der Waals surface area contributed by atoms with Crippen molar-refractivity contribution >= 4 is 34.3 Å². The minimum atomic E-state index is -0.114. The summed E-state index contributed by atoms with van der Waals surface area (Å²) in [6, 6.07) is 7.10. The third-order valence-corrected chi connectivity index (χ3v) is 4.20. The molecule has 23 heavy (non-hydrogen) atoms. The number of rotatable bonds is 7. The Morgan fingerprint density at radius 3 is 2.96 bits per heavy atom. The summed E-state index contributed by atoms with van der Waals surface area (Å²) in [6.07, 6.45) is 0.870. The van der Waals surface area contributed by atoms with Gasteiger partial charge in [-0.15, -0.1) is 0 Å². The molecular weight excluding hydrogens is 334 g/mol. The number of hydrogen-bond donors (Lipinski definition) is 0. The summed E-state index contributed by atoms with van der Waals surface area (Å²) in [4.78, 5) is 17.2. The summed E-state index contributed by atoms with van der Waals surface area (Å²) in [7, 11) is 0. The Labute approximate surface area is 144 Å². The van der Waals surface area contributed by atoms with E-state index in [0.717, 1.165) is 0 Å². The van der Waals surface area contributed by atoms with E-state index in [-0.39, 0.29) is 17.4 Å². The number of nitriles is 1. The maximum Gasteiger partial charge on any atom is 0.262 e. The zero-order valence-corrected chi connectivity index (χ0v) is 14.7. The lowest BCUT2D eigenvalue weighted by molar-refractivity contribution is 0.0743. The molecule has 1 aromatic carbocycles. The van der Waals surface area contributed by atoms with Gasteiger partial charge in [-0.3, -0.25) is 9.36 Å². The van der Waals surface area contributed by atoms with Crippen molar-refractivity contribution in [1.29, 1.82) is 5.26 Å². The quantitative estimate of drug-likeness (QED) is 0.434. The van der Waals surface area contributed by atoms with Gasteiger partial charge in [0.25, 0.3) is 5.56 Å². The number of halogens is 1. The monoisotopic (exact) mass is 351 g/mol. The van der Waals surface area contributed by atoms with Crippen LogP contribution in [0.25, 0.3) is 10.9 Å². The molecule has 5 nitrogen and oxygen atoms in total. The van der Waals surface area contributed by atoms with Crippen molar-refractivity contribution in [2.45, 2.75) is 38.1 Å². The topological polar surface area (TPSA) is 67.9 Å². The summed E-state index contributed by atoms with van der Waals surface area (Å²) >= 11 is 7.23. The highest BCUT2D eigenvalue weighted by Gasteiger charge is 2.12. The van der Waals surface area contributed by atoms with Gasteiger partial charge in [0.2, 0.25) is 0 Å². The number of benzene rings is 1. The summed E-state index contributed by atoms with van der Waals surface area (Å²) in [5.41, 5.74) is 0.439. The Hall–Kier alpha value is -1.55. The first-order chi connectivity index (χ1) is 11.0. The summed E-state index contributed by atoms with van der Waals surface area (Å²) in [6.45, 7) is 5.03. The first kappa shape index (κ1) is 17.8. The zero-order chi connectivity index (χ0) is 16.8. The third-order valence-electron chi connectivity index (χ3n) is 3.13. The molecule has 0 radical (unpaired) electrons. The van der Waals surface area contributed by atoms with E-state index in [4.69, 9.17) is 21.6 Å². The Morgan fingerprint density at radius 2 is 2.26 bits per heavy atom. The molecule has 2 rings (SSSR count). The molecule has 0 spiro atoms. The highest BCUT2D eigenvalue weighted by Crippen LogP contribution is 2.20. The standard InChI is InChI=1S/C16H18ClN3O2S/c1-11(2)22-8-3-7-20-15(21)13-5-4-12(17)10-14(13)19-16(20)23-9-6-18/h4-5,10-11H,3,7-9H2,1-2H3. The van der Waals surface area contributed by atoms with E-state index in [2.05, 4.69) is 11.1 Å². The second kappa shape index (κ2) is 8.34. The summed E-state index contributed by atoms with van der Waals surface area (Å²) in [5.74, 6) is 0.237. The van der Waals surface area contributed by atoms with Crippen LogP contribution in [0.1, 0.15) is 20.3 Å². The van der Waals surface area contributed by atoms with Crippen LogP contribution in [-0.4, -0.2) is 28.0 Å². The molecule has 0 amide bonds. The Balaban J connectivity index is 2.35. The predicted octanol–water partition coefficient (Wildman–Crippen LogP) is 3.48. The predicted molar refractivity (Wildman–Crippen MR) is 93.1 cm³/mol. The van der Waals surface area contributed by atoms with E-state index >= 15 is 0 Å². The number of aromatic nitrogens is 2. The van der Waals surface area contributed by atoms with Crippen molar-refractivity contribution < 1.29 is 4.74 Å². The van der Waals surface area contributed by atoms with Gasteiger partial charge in [0.05, 0.1) is 28.8 Å². The molecule has 0 aliphatic carbocycles. The Morgan fingerprint density at radius 1 is 1.48 bits per heavy atom. The van der Waals surface area contributed by atoms with Gasteiger partial charge >= 0.3 is 0 Å². The normalized spacial score (nSPS) is 11.1. The molecule has 1 aromatic heterocycles. The molecular formula is C16H18ClN3O2S. The number of ether oxygens (including phenoxy) is 1. The first-order valence-electron chi connectivity index (χ1n) is 7.34. The minimum absolute atomic E-state index is 0.114. The number of hydrogen-bond acceptors (Lipinski definition) is 5. The average Bonchev–Trinajstić information content (AvgIpc) is 2.50. The summed E-state index contributed by atoms with van der Waals surface area (Å²) in [5, 5.41) is 10.4. The third kappa shape index (κ3) is 4.71. The van der Waals surface area contributed by atoms with Crippen molar-refractivity contribution in [2.75, 3.05) is 12.4 Å².